The summed E-state index contributed by atoms with van der Waals surface area (Å²) in [5.74, 6) is -0.576. The van der Waals surface area contributed by atoms with Crippen LogP contribution in [0.3, 0.4) is 0 Å². The van der Waals surface area contributed by atoms with E-state index in [1.54, 1.807) is 16.7 Å². The third-order valence-corrected chi connectivity index (χ3v) is 5.61. The van der Waals surface area contributed by atoms with Crippen LogP contribution in [0.2, 0.25) is 5.02 Å². The maximum atomic E-state index is 13.9. The predicted octanol–water partition coefficient (Wildman–Crippen LogP) is 6.02. The Hall–Kier alpha value is -2.31. The van der Waals surface area contributed by atoms with E-state index in [0.29, 0.717) is 17.0 Å². The molecule has 0 fully saturated rings. The first-order valence-electron chi connectivity index (χ1n) is 9.29. The lowest BCUT2D eigenvalue weighted by Gasteiger charge is -2.15. The fraction of sp³-hybridized carbons (Fsp3) is 0.273. The molecule has 1 aromatic heterocycles. The standard InChI is InChI=1S/C22H19ClF4N2/c1-28-10-8-17-18-12-15(23)4-7-20(18)29(21(17)9-11-28)13-19(22(25,26)27)14-2-5-16(24)6-3-14/h2-7,12-13H,8-11H2,1H3. The summed E-state index contributed by atoms with van der Waals surface area (Å²) in [7, 11) is 2.00. The SMILES string of the molecule is CN1CCc2c(n(C=C(c3ccc(F)cc3)C(F)(F)F)c3ccc(Cl)cc23)CC1. The van der Waals surface area contributed by atoms with E-state index < -0.39 is 17.6 Å². The normalized spacial score (nSPS) is 16.1. The summed E-state index contributed by atoms with van der Waals surface area (Å²) in [6, 6.07) is 9.65. The number of fused-ring (bicyclic) bond motifs is 3. The van der Waals surface area contributed by atoms with Crippen molar-refractivity contribution in [2.24, 2.45) is 0 Å². The molecule has 4 rings (SSSR count). The number of aromatic nitrogens is 1. The molecule has 152 valence electrons. The van der Waals surface area contributed by atoms with Crippen LogP contribution in [0.5, 0.6) is 0 Å². The number of benzene rings is 2. The predicted molar refractivity (Wildman–Crippen MR) is 108 cm³/mol. The van der Waals surface area contributed by atoms with Crippen molar-refractivity contribution in [1.82, 2.24) is 9.47 Å². The number of alkyl halides is 3. The van der Waals surface area contributed by atoms with Crippen LogP contribution in [0.15, 0.2) is 42.5 Å². The van der Waals surface area contributed by atoms with Crippen molar-refractivity contribution in [3.8, 4) is 0 Å². The second kappa shape index (κ2) is 7.50. The maximum absolute atomic E-state index is 13.9. The van der Waals surface area contributed by atoms with Crippen molar-refractivity contribution in [3.05, 3.63) is 70.1 Å². The lowest BCUT2D eigenvalue weighted by Crippen LogP contribution is -2.21. The number of hydrogen-bond acceptors (Lipinski definition) is 1. The zero-order valence-electron chi connectivity index (χ0n) is 15.7. The molecule has 0 saturated heterocycles. The number of hydrogen-bond donors (Lipinski definition) is 0. The molecule has 0 aliphatic carbocycles. The first kappa shape index (κ1) is 20.0. The quantitative estimate of drug-likeness (QED) is 0.458. The Labute approximate surface area is 171 Å². The van der Waals surface area contributed by atoms with Crippen LogP contribution in [0, 0.1) is 5.82 Å². The Morgan fingerprint density at radius 2 is 1.72 bits per heavy atom. The molecule has 0 saturated carbocycles. The molecule has 0 radical (unpaired) electrons. The zero-order chi connectivity index (χ0) is 20.8. The van der Waals surface area contributed by atoms with Crippen LogP contribution >= 0.6 is 11.6 Å². The van der Waals surface area contributed by atoms with E-state index in [1.165, 1.54) is 0 Å². The van der Waals surface area contributed by atoms with Crippen LogP contribution in [0.1, 0.15) is 16.8 Å². The molecule has 2 heterocycles. The summed E-state index contributed by atoms with van der Waals surface area (Å²) in [6.45, 7) is 1.58. The van der Waals surface area contributed by atoms with Gasteiger partial charge in [-0.2, -0.15) is 13.2 Å². The summed E-state index contributed by atoms with van der Waals surface area (Å²) >= 11 is 6.18. The highest BCUT2D eigenvalue weighted by atomic mass is 35.5. The van der Waals surface area contributed by atoms with E-state index in [4.69, 9.17) is 11.6 Å². The third kappa shape index (κ3) is 3.91. The molecule has 29 heavy (non-hydrogen) atoms. The monoisotopic (exact) mass is 422 g/mol. The molecule has 0 bridgehead atoms. The van der Waals surface area contributed by atoms with Crippen molar-refractivity contribution >= 4 is 34.3 Å². The van der Waals surface area contributed by atoms with Gasteiger partial charge in [0.25, 0.3) is 0 Å². The molecule has 0 atom stereocenters. The lowest BCUT2D eigenvalue weighted by molar-refractivity contribution is -0.0684. The number of rotatable bonds is 2. The Morgan fingerprint density at radius 1 is 1.03 bits per heavy atom. The van der Waals surface area contributed by atoms with E-state index in [2.05, 4.69) is 4.90 Å². The van der Waals surface area contributed by atoms with Gasteiger partial charge in [-0.25, -0.2) is 4.39 Å². The summed E-state index contributed by atoms with van der Waals surface area (Å²) in [6.07, 6.45) is -2.09. The van der Waals surface area contributed by atoms with Crippen LogP contribution in [0.4, 0.5) is 17.6 Å². The minimum atomic E-state index is -4.59. The molecule has 1 aliphatic heterocycles. The molecular formula is C22H19ClF4N2. The third-order valence-electron chi connectivity index (χ3n) is 5.38. The van der Waals surface area contributed by atoms with Gasteiger partial charge in [-0.15, -0.1) is 0 Å². The second-order valence-corrected chi connectivity index (χ2v) is 7.74. The maximum Gasteiger partial charge on any atom is 0.418 e. The van der Waals surface area contributed by atoms with Gasteiger partial charge in [0.05, 0.1) is 11.1 Å². The minimum Gasteiger partial charge on any atom is -0.319 e. The van der Waals surface area contributed by atoms with Gasteiger partial charge < -0.3 is 9.47 Å². The van der Waals surface area contributed by atoms with Crippen molar-refractivity contribution in [2.45, 2.75) is 19.0 Å². The first-order chi connectivity index (χ1) is 13.7. The van der Waals surface area contributed by atoms with Crippen molar-refractivity contribution in [2.75, 3.05) is 20.1 Å². The highest BCUT2D eigenvalue weighted by molar-refractivity contribution is 6.31. The average Bonchev–Trinajstić information content (AvgIpc) is 2.79. The average molecular weight is 423 g/mol. The van der Waals surface area contributed by atoms with Gasteiger partial charge in [-0.1, -0.05) is 23.7 Å². The molecule has 2 nitrogen and oxygen atoms in total. The van der Waals surface area contributed by atoms with E-state index in [1.807, 2.05) is 13.1 Å². The van der Waals surface area contributed by atoms with Crippen molar-refractivity contribution in [1.29, 1.82) is 0 Å². The van der Waals surface area contributed by atoms with E-state index in [0.717, 1.165) is 66.6 Å². The van der Waals surface area contributed by atoms with E-state index in [-0.39, 0.29) is 5.56 Å². The van der Waals surface area contributed by atoms with Crippen LogP contribution < -0.4 is 0 Å². The van der Waals surface area contributed by atoms with Crippen molar-refractivity contribution in [3.63, 3.8) is 0 Å². The lowest BCUT2D eigenvalue weighted by atomic mass is 10.1. The second-order valence-electron chi connectivity index (χ2n) is 7.31. The Balaban J connectivity index is 1.97. The number of nitrogens with zero attached hydrogens (tertiary/aromatic N) is 2. The molecule has 1 aliphatic rings. The molecule has 7 heteroatoms. The minimum absolute atomic E-state index is 0.0748. The Bertz CT molecular complexity index is 1080. The zero-order valence-corrected chi connectivity index (χ0v) is 16.5. The van der Waals surface area contributed by atoms with E-state index in [9.17, 15) is 17.6 Å². The molecule has 2 aromatic carbocycles. The number of halogens is 5. The summed E-state index contributed by atoms with van der Waals surface area (Å²) in [4.78, 5) is 2.16. The molecule has 0 unspecified atom stereocenters. The summed E-state index contributed by atoms with van der Waals surface area (Å²) in [5.41, 5.74) is 1.69. The van der Waals surface area contributed by atoms with Gasteiger partial charge >= 0.3 is 6.18 Å². The molecule has 3 aromatic rings. The van der Waals surface area contributed by atoms with E-state index >= 15 is 0 Å². The largest absolute Gasteiger partial charge is 0.418 e. The Kier molecular flexibility index (Phi) is 5.17. The van der Waals surface area contributed by atoms with Crippen LogP contribution in [-0.4, -0.2) is 35.8 Å². The molecular weight excluding hydrogens is 404 g/mol. The fourth-order valence-corrected chi connectivity index (χ4v) is 4.06. The number of likely N-dealkylation sites (N-methyl/N-ethyl adjacent to an activating group) is 1. The number of allylic oxidation sites excluding steroid dienone is 1. The highest BCUT2D eigenvalue weighted by Crippen LogP contribution is 2.38. The summed E-state index contributed by atoms with van der Waals surface area (Å²) in [5, 5.41) is 1.42. The highest BCUT2D eigenvalue weighted by Gasteiger charge is 2.35. The van der Waals surface area contributed by atoms with Crippen LogP contribution in [-0.2, 0) is 12.8 Å². The fourth-order valence-electron chi connectivity index (χ4n) is 3.89. The molecule has 0 spiro atoms. The summed E-state index contributed by atoms with van der Waals surface area (Å²) < 4.78 is 56.7. The van der Waals surface area contributed by atoms with Crippen LogP contribution in [0.25, 0.3) is 22.7 Å². The van der Waals surface area contributed by atoms with Gasteiger partial charge in [0.2, 0.25) is 0 Å². The van der Waals surface area contributed by atoms with Gasteiger partial charge in [-0.05, 0) is 54.9 Å². The molecule has 0 N–H and O–H groups in total. The first-order valence-corrected chi connectivity index (χ1v) is 9.66. The van der Waals surface area contributed by atoms with Gasteiger partial charge in [0, 0.05) is 41.8 Å². The van der Waals surface area contributed by atoms with Gasteiger partial charge in [-0.3, -0.25) is 0 Å². The topological polar surface area (TPSA) is 8.17 Å². The molecule has 0 amide bonds. The van der Waals surface area contributed by atoms with Gasteiger partial charge in [0.1, 0.15) is 5.82 Å². The Morgan fingerprint density at radius 3 is 2.41 bits per heavy atom. The van der Waals surface area contributed by atoms with Crippen molar-refractivity contribution < 1.29 is 17.6 Å². The smallest absolute Gasteiger partial charge is 0.319 e. The van der Waals surface area contributed by atoms with Gasteiger partial charge in [0.15, 0.2) is 0 Å².